The molecular formula is C20H23Cl2N3O6S2. The van der Waals surface area contributed by atoms with Gasteiger partial charge < -0.3 is 10.1 Å². The quantitative estimate of drug-likeness (QED) is 0.555. The molecule has 1 fully saturated rings. The molecule has 3 rings (SSSR count). The summed E-state index contributed by atoms with van der Waals surface area (Å²) in [5.74, 6) is -0.494. The standard InChI is InChI=1S/C20H23Cl2N3O6S2/c1-31-19-6-5-17(33(29,30)24-7-3-4-8-24)12-18(19)23-20(26)13-25(32(2,27)28)16-10-14(21)9-15(22)11-16/h5-6,9-12H,3-4,7-8,13H2,1-2H3,(H,23,26). The van der Waals surface area contributed by atoms with E-state index in [0.717, 1.165) is 23.4 Å². The van der Waals surface area contributed by atoms with Crippen molar-refractivity contribution in [2.45, 2.75) is 17.7 Å². The lowest BCUT2D eigenvalue weighted by molar-refractivity contribution is -0.114. The molecule has 1 saturated heterocycles. The Morgan fingerprint density at radius 2 is 1.67 bits per heavy atom. The first-order valence-corrected chi connectivity index (χ1v) is 13.9. The van der Waals surface area contributed by atoms with Crippen LogP contribution in [-0.2, 0) is 24.8 Å². The Hall–Kier alpha value is -2.05. The first-order chi connectivity index (χ1) is 15.4. The van der Waals surface area contributed by atoms with Crippen molar-refractivity contribution >= 4 is 60.5 Å². The number of carbonyl (C=O) groups is 1. The molecule has 1 heterocycles. The maximum atomic E-state index is 12.9. The first kappa shape index (κ1) is 25.6. The summed E-state index contributed by atoms with van der Waals surface area (Å²) in [4.78, 5) is 12.8. The van der Waals surface area contributed by atoms with E-state index in [0.29, 0.717) is 13.1 Å². The van der Waals surface area contributed by atoms with Gasteiger partial charge in [-0.05, 0) is 49.2 Å². The van der Waals surface area contributed by atoms with Gasteiger partial charge in [-0.1, -0.05) is 23.2 Å². The van der Waals surface area contributed by atoms with Gasteiger partial charge in [0.05, 0.1) is 29.6 Å². The molecule has 13 heteroatoms. The van der Waals surface area contributed by atoms with Crippen LogP contribution in [0.2, 0.25) is 10.0 Å². The van der Waals surface area contributed by atoms with Crippen molar-refractivity contribution < 1.29 is 26.4 Å². The number of sulfonamides is 2. The smallest absolute Gasteiger partial charge is 0.245 e. The van der Waals surface area contributed by atoms with Crippen LogP contribution in [0.25, 0.3) is 0 Å². The van der Waals surface area contributed by atoms with Gasteiger partial charge in [-0.15, -0.1) is 0 Å². The molecule has 0 unspecified atom stereocenters. The highest BCUT2D eigenvalue weighted by Crippen LogP contribution is 2.31. The van der Waals surface area contributed by atoms with Crippen LogP contribution in [0.5, 0.6) is 5.75 Å². The third-order valence-electron chi connectivity index (χ3n) is 4.97. The Morgan fingerprint density at radius 1 is 1.06 bits per heavy atom. The molecule has 2 aromatic rings. The Kier molecular flexibility index (Phi) is 7.80. The average molecular weight is 536 g/mol. The summed E-state index contributed by atoms with van der Waals surface area (Å²) in [6.07, 6.45) is 2.51. The largest absolute Gasteiger partial charge is 0.495 e. The van der Waals surface area contributed by atoms with E-state index < -0.39 is 32.5 Å². The second-order valence-corrected chi connectivity index (χ2v) is 12.1. The molecule has 1 aliphatic rings. The van der Waals surface area contributed by atoms with Crippen molar-refractivity contribution in [1.82, 2.24) is 4.31 Å². The normalized spacial score (nSPS) is 14.8. The van der Waals surface area contributed by atoms with Crippen LogP contribution in [0.3, 0.4) is 0 Å². The van der Waals surface area contributed by atoms with Crippen LogP contribution < -0.4 is 14.4 Å². The molecule has 0 saturated carbocycles. The second kappa shape index (κ2) is 10.1. The number of nitrogens with one attached hydrogen (secondary N) is 1. The molecule has 33 heavy (non-hydrogen) atoms. The second-order valence-electron chi connectivity index (χ2n) is 7.42. The van der Waals surface area contributed by atoms with Crippen molar-refractivity contribution in [1.29, 1.82) is 0 Å². The van der Waals surface area contributed by atoms with Gasteiger partial charge in [0.1, 0.15) is 12.3 Å². The average Bonchev–Trinajstić information content (AvgIpc) is 3.26. The van der Waals surface area contributed by atoms with E-state index in [1.165, 1.54) is 47.8 Å². The molecule has 180 valence electrons. The van der Waals surface area contributed by atoms with Gasteiger partial charge in [0.25, 0.3) is 0 Å². The zero-order chi connectivity index (χ0) is 24.4. The number of amides is 1. The third-order valence-corrected chi connectivity index (χ3v) is 8.44. The molecule has 1 amide bonds. The molecule has 1 aliphatic heterocycles. The number of methoxy groups -OCH3 is 1. The number of nitrogens with zero attached hydrogens (tertiary/aromatic N) is 2. The highest BCUT2D eigenvalue weighted by atomic mass is 35.5. The van der Waals surface area contributed by atoms with Gasteiger partial charge in [0, 0.05) is 23.1 Å². The fourth-order valence-corrected chi connectivity index (χ4v) is 6.32. The number of hydrogen-bond donors (Lipinski definition) is 1. The van der Waals surface area contributed by atoms with Crippen molar-refractivity contribution in [3.05, 3.63) is 46.4 Å². The monoisotopic (exact) mass is 535 g/mol. The minimum atomic E-state index is -3.88. The van der Waals surface area contributed by atoms with Crippen LogP contribution in [-0.4, -0.2) is 60.0 Å². The topological polar surface area (TPSA) is 113 Å². The van der Waals surface area contributed by atoms with Gasteiger partial charge in [0.15, 0.2) is 0 Å². The summed E-state index contributed by atoms with van der Waals surface area (Å²) in [5, 5.41) is 2.95. The van der Waals surface area contributed by atoms with Crippen LogP contribution >= 0.6 is 23.2 Å². The minimum Gasteiger partial charge on any atom is -0.495 e. The maximum absolute atomic E-state index is 12.9. The Bertz CT molecular complexity index is 1240. The molecule has 0 spiro atoms. The predicted molar refractivity (Wildman–Crippen MR) is 128 cm³/mol. The van der Waals surface area contributed by atoms with Gasteiger partial charge in [-0.3, -0.25) is 9.10 Å². The molecule has 9 nitrogen and oxygen atoms in total. The van der Waals surface area contributed by atoms with Crippen LogP contribution in [0.1, 0.15) is 12.8 Å². The number of benzene rings is 2. The lowest BCUT2D eigenvalue weighted by atomic mass is 10.3. The van der Waals surface area contributed by atoms with Gasteiger partial charge >= 0.3 is 0 Å². The Morgan fingerprint density at radius 3 is 2.21 bits per heavy atom. The zero-order valence-electron chi connectivity index (χ0n) is 17.9. The van der Waals surface area contributed by atoms with Crippen LogP contribution in [0.15, 0.2) is 41.3 Å². The van der Waals surface area contributed by atoms with E-state index in [2.05, 4.69) is 5.32 Å². The molecule has 2 aromatic carbocycles. The fraction of sp³-hybridized carbons (Fsp3) is 0.350. The molecule has 0 radical (unpaired) electrons. The van der Waals surface area contributed by atoms with Crippen molar-refractivity contribution in [3.8, 4) is 5.75 Å². The number of halogens is 2. The van der Waals surface area contributed by atoms with Crippen molar-refractivity contribution in [3.63, 3.8) is 0 Å². The fourth-order valence-electron chi connectivity index (χ4n) is 3.43. The highest BCUT2D eigenvalue weighted by Gasteiger charge is 2.28. The van der Waals surface area contributed by atoms with Crippen molar-refractivity contribution in [2.75, 3.05) is 42.6 Å². The summed E-state index contributed by atoms with van der Waals surface area (Å²) in [7, 11) is -6.23. The van der Waals surface area contributed by atoms with Gasteiger partial charge in [-0.25, -0.2) is 16.8 Å². The molecule has 0 aliphatic carbocycles. The molecule has 1 N–H and O–H groups in total. The predicted octanol–water partition coefficient (Wildman–Crippen LogP) is 3.19. The highest BCUT2D eigenvalue weighted by molar-refractivity contribution is 7.92. The summed E-state index contributed by atoms with van der Waals surface area (Å²) >= 11 is 12.0. The van der Waals surface area contributed by atoms with E-state index in [-0.39, 0.29) is 32.1 Å². The van der Waals surface area contributed by atoms with Crippen LogP contribution in [0, 0.1) is 0 Å². The first-order valence-electron chi connectivity index (χ1n) is 9.83. The lowest BCUT2D eigenvalue weighted by Gasteiger charge is -2.23. The number of anilines is 2. The zero-order valence-corrected chi connectivity index (χ0v) is 21.1. The minimum absolute atomic E-state index is 0.00194. The third kappa shape index (κ3) is 6.10. The number of carbonyl (C=O) groups excluding carboxylic acids is 1. The molecule has 0 aromatic heterocycles. The van der Waals surface area contributed by atoms with E-state index in [9.17, 15) is 21.6 Å². The summed E-state index contributed by atoms with van der Waals surface area (Å²) in [6.45, 7) is 0.269. The van der Waals surface area contributed by atoms with Gasteiger partial charge in [-0.2, -0.15) is 4.31 Å². The van der Waals surface area contributed by atoms with Crippen molar-refractivity contribution in [2.24, 2.45) is 0 Å². The molecule has 0 bridgehead atoms. The Balaban J connectivity index is 1.89. The summed E-state index contributed by atoms with van der Waals surface area (Å²) < 4.78 is 57.9. The SMILES string of the molecule is COc1ccc(S(=O)(=O)N2CCCC2)cc1NC(=O)CN(c1cc(Cl)cc(Cl)c1)S(C)(=O)=O. The number of ether oxygens (including phenoxy) is 1. The molecular weight excluding hydrogens is 513 g/mol. The van der Waals surface area contributed by atoms with Gasteiger partial charge in [0.2, 0.25) is 26.0 Å². The number of hydrogen-bond acceptors (Lipinski definition) is 6. The maximum Gasteiger partial charge on any atom is 0.245 e. The molecule has 0 atom stereocenters. The summed E-state index contributed by atoms with van der Waals surface area (Å²) in [6, 6.07) is 8.30. The summed E-state index contributed by atoms with van der Waals surface area (Å²) in [5.41, 5.74) is 0.211. The Labute approximate surface area is 203 Å². The van der Waals surface area contributed by atoms with E-state index >= 15 is 0 Å². The van der Waals surface area contributed by atoms with Crippen LogP contribution in [0.4, 0.5) is 11.4 Å². The lowest BCUT2D eigenvalue weighted by Crippen LogP contribution is -2.37. The van der Waals surface area contributed by atoms with E-state index in [4.69, 9.17) is 27.9 Å². The van der Waals surface area contributed by atoms with E-state index in [1.807, 2.05) is 0 Å². The number of rotatable bonds is 8. The van der Waals surface area contributed by atoms with E-state index in [1.54, 1.807) is 0 Å².